The lowest BCUT2D eigenvalue weighted by Gasteiger charge is -2.29. The first-order valence-corrected chi connectivity index (χ1v) is 15.2. The highest BCUT2D eigenvalue weighted by molar-refractivity contribution is 6.82. The molecule has 0 saturated carbocycles. The second kappa shape index (κ2) is 9.36. The topological polar surface area (TPSA) is 0 Å². The fourth-order valence-electron chi connectivity index (χ4n) is 2.63. The molecule has 0 saturated heterocycles. The maximum absolute atomic E-state index is 2.62. The van der Waals surface area contributed by atoms with Crippen LogP contribution in [0.4, 0.5) is 0 Å². The molecule has 0 radical (unpaired) electrons. The van der Waals surface area contributed by atoms with E-state index in [4.69, 9.17) is 0 Å². The molecular weight excluding hydrogens is 248 g/mol. The van der Waals surface area contributed by atoms with Gasteiger partial charge in [-0.15, -0.1) is 0 Å². The lowest BCUT2D eigenvalue weighted by molar-refractivity contribution is 0.757. The SMILES string of the molecule is CCCCC[Si](C)(C)CC[Si](C)(C)CCCCC. The summed E-state index contributed by atoms with van der Waals surface area (Å²) in [7, 11) is -1.73. The molecule has 0 aliphatic rings. The zero-order valence-electron chi connectivity index (χ0n) is 14.1. The second-order valence-corrected chi connectivity index (χ2v) is 18.4. The van der Waals surface area contributed by atoms with Gasteiger partial charge in [-0.2, -0.15) is 0 Å². The summed E-state index contributed by atoms with van der Waals surface area (Å²) in [5, 5.41) is 0. The molecule has 0 aromatic rings. The highest BCUT2D eigenvalue weighted by Crippen LogP contribution is 2.28. The van der Waals surface area contributed by atoms with Crippen molar-refractivity contribution in [2.24, 2.45) is 0 Å². The third kappa shape index (κ3) is 10.4. The van der Waals surface area contributed by atoms with Crippen molar-refractivity contribution in [3.05, 3.63) is 0 Å². The lowest BCUT2D eigenvalue weighted by Crippen LogP contribution is -2.32. The van der Waals surface area contributed by atoms with Gasteiger partial charge in [0.1, 0.15) is 0 Å². The van der Waals surface area contributed by atoms with Crippen LogP contribution in [-0.4, -0.2) is 16.1 Å². The summed E-state index contributed by atoms with van der Waals surface area (Å²) >= 11 is 0. The Morgan fingerprint density at radius 1 is 0.500 bits per heavy atom. The van der Waals surface area contributed by atoms with Crippen LogP contribution < -0.4 is 0 Å². The van der Waals surface area contributed by atoms with E-state index in [9.17, 15) is 0 Å². The van der Waals surface area contributed by atoms with Crippen LogP contribution in [0.3, 0.4) is 0 Å². The van der Waals surface area contributed by atoms with Crippen LogP contribution in [0.5, 0.6) is 0 Å². The molecule has 0 aliphatic heterocycles. The van der Waals surface area contributed by atoms with E-state index in [1.165, 1.54) is 38.5 Å². The lowest BCUT2D eigenvalue weighted by atomic mass is 10.3. The van der Waals surface area contributed by atoms with Crippen molar-refractivity contribution >= 4 is 16.1 Å². The van der Waals surface area contributed by atoms with Gasteiger partial charge in [-0.3, -0.25) is 0 Å². The van der Waals surface area contributed by atoms with Crippen molar-refractivity contribution in [1.82, 2.24) is 0 Å². The quantitative estimate of drug-likeness (QED) is 0.290. The van der Waals surface area contributed by atoms with Crippen molar-refractivity contribution in [3.8, 4) is 0 Å². The van der Waals surface area contributed by atoms with E-state index < -0.39 is 16.1 Å². The molecule has 0 aromatic carbocycles. The molecule has 18 heavy (non-hydrogen) atoms. The minimum atomic E-state index is -0.863. The molecule has 2 heteroatoms. The Kier molecular flexibility index (Phi) is 9.58. The third-order valence-corrected chi connectivity index (χ3v) is 11.5. The van der Waals surface area contributed by atoms with Gasteiger partial charge in [0.05, 0.1) is 0 Å². The summed E-state index contributed by atoms with van der Waals surface area (Å²) in [5.74, 6) is 0. The molecule has 0 amide bonds. The standard InChI is InChI=1S/C16H38Si2/c1-7-9-11-13-17(3,4)15-16-18(5,6)14-12-10-8-2/h7-16H2,1-6H3. The average molecular weight is 287 g/mol. The highest BCUT2D eigenvalue weighted by Gasteiger charge is 2.26. The van der Waals surface area contributed by atoms with Gasteiger partial charge < -0.3 is 0 Å². The first kappa shape index (κ1) is 18.4. The number of unbranched alkanes of at least 4 members (excludes halogenated alkanes) is 4. The van der Waals surface area contributed by atoms with Crippen molar-refractivity contribution in [1.29, 1.82) is 0 Å². The number of hydrogen-bond acceptors (Lipinski definition) is 0. The molecule has 0 rings (SSSR count). The van der Waals surface area contributed by atoms with Gasteiger partial charge in [0, 0.05) is 16.1 Å². The molecule has 0 spiro atoms. The smallest absolute Gasteiger partial charge is 0.0470 e. The molecule has 0 nitrogen and oxygen atoms in total. The second-order valence-electron chi connectivity index (χ2n) is 7.74. The van der Waals surface area contributed by atoms with Crippen LogP contribution >= 0.6 is 0 Å². The Balaban J connectivity index is 3.88. The Morgan fingerprint density at radius 2 is 0.833 bits per heavy atom. The van der Waals surface area contributed by atoms with Gasteiger partial charge in [-0.25, -0.2) is 0 Å². The normalized spacial score (nSPS) is 13.0. The van der Waals surface area contributed by atoms with E-state index in [2.05, 4.69) is 40.0 Å². The predicted molar refractivity (Wildman–Crippen MR) is 93.2 cm³/mol. The summed E-state index contributed by atoms with van der Waals surface area (Å²) in [6.45, 7) is 15.1. The molecule has 0 atom stereocenters. The van der Waals surface area contributed by atoms with Gasteiger partial charge in [0.25, 0.3) is 0 Å². The maximum Gasteiger partial charge on any atom is 0.0470 e. The van der Waals surface area contributed by atoms with E-state index in [-0.39, 0.29) is 0 Å². The average Bonchev–Trinajstić information content (AvgIpc) is 2.27. The summed E-state index contributed by atoms with van der Waals surface area (Å²) in [5.41, 5.74) is 0. The monoisotopic (exact) mass is 286 g/mol. The zero-order valence-corrected chi connectivity index (χ0v) is 16.1. The van der Waals surface area contributed by atoms with Gasteiger partial charge in [-0.05, 0) is 0 Å². The van der Waals surface area contributed by atoms with Crippen molar-refractivity contribution in [3.63, 3.8) is 0 Å². The predicted octanol–water partition coefficient (Wildman–Crippen LogP) is 6.78. The van der Waals surface area contributed by atoms with E-state index in [1.54, 1.807) is 24.2 Å². The van der Waals surface area contributed by atoms with Crippen LogP contribution in [0.1, 0.15) is 52.4 Å². The summed E-state index contributed by atoms with van der Waals surface area (Å²) < 4.78 is 0. The molecule has 0 aromatic heterocycles. The molecule has 0 bridgehead atoms. The van der Waals surface area contributed by atoms with Crippen molar-refractivity contribution in [2.75, 3.05) is 0 Å². The third-order valence-electron chi connectivity index (χ3n) is 4.39. The molecule has 0 fully saturated rings. The Bertz CT molecular complexity index is 175. The van der Waals surface area contributed by atoms with Crippen molar-refractivity contribution < 1.29 is 0 Å². The van der Waals surface area contributed by atoms with Gasteiger partial charge >= 0.3 is 0 Å². The molecule has 110 valence electrons. The highest BCUT2D eigenvalue weighted by atomic mass is 28.3. The van der Waals surface area contributed by atoms with E-state index in [1.807, 2.05) is 0 Å². The molecule has 0 unspecified atom stereocenters. The fourth-order valence-corrected chi connectivity index (χ4v) is 11.0. The molecule has 0 aliphatic carbocycles. The van der Waals surface area contributed by atoms with Crippen LogP contribution in [-0.2, 0) is 0 Å². The van der Waals surface area contributed by atoms with E-state index in [0.717, 1.165) is 0 Å². The summed E-state index contributed by atoms with van der Waals surface area (Å²) in [4.78, 5) is 0. The van der Waals surface area contributed by atoms with Crippen LogP contribution in [0, 0.1) is 0 Å². The maximum atomic E-state index is 2.62. The zero-order chi connectivity index (χ0) is 14.1. The van der Waals surface area contributed by atoms with Crippen LogP contribution in [0.2, 0.25) is 50.4 Å². The van der Waals surface area contributed by atoms with Gasteiger partial charge in [0.2, 0.25) is 0 Å². The van der Waals surface area contributed by atoms with Crippen LogP contribution in [0.15, 0.2) is 0 Å². The Hall–Kier alpha value is 0.434. The summed E-state index contributed by atoms with van der Waals surface area (Å²) in [6, 6.07) is 6.34. The number of rotatable bonds is 11. The van der Waals surface area contributed by atoms with Gasteiger partial charge in [0.15, 0.2) is 0 Å². The van der Waals surface area contributed by atoms with Gasteiger partial charge in [-0.1, -0.05) is 103 Å². The fraction of sp³-hybridized carbons (Fsp3) is 1.00. The van der Waals surface area contributed by atoms with Crippen molar-refractivity contribution in [2.45, 2.75) is 103 Å². The molecular formula is C16H38Si2. The van der Waals surface area contributed by atoms with E-state index >= 15 is 0 Å². The van der Waals surface area contributed by atoms with Crippen LogP contribution in [0.25, 0.3) is 0 Å². The number of hydrogen-bond donors (Lipinski definition) is 0. The largest absolute Gasteiger partial charge is 0.0694 e. The first-order chi connectivity index (χ1) is 8.33. The molecule has 0 N–H and O–H groups in total. The minimum Gasteiger partial charge on any atom is -0.0694 e. The first-order valence-electron chi connectivity index (χ1n) is 8.33. The van der Waals surface area contributed by atoms with E-state index in [0.29, 0.717) is 0 Å². The Morgan fingerprint density at radius 3 is 1.11 bits per heavy atom. The Labute approximate surface area is 119 Å². The summed E-state index contributed by atoms with van der Waals surface area (Å²) in [6.07, 6.45) is 8.64. The minimum absolute atomic E-state index is 0.863. The molecule has 0 heterocycles.